The van der Waals surface area contributed by atoms with Crippen LogP contribution in [0.2, 0.25) is 0 Å². The third-order valence-corrected chi connectivity index (χ3v) is 2.69. The van der Waals surface area contributed by atoms with Crippen molar-refractivity contribution in [3.8, 4) is 12.3 Å². The van der Waals surface area contributed by atoms with Gasteiger partial charge in [-0.15, -0.1) is 12.3 Å². The number of aryl methyl sites for hydroxylation is 1. The second-order valence-electron chi connectivity index (χ2n) is 3.96. The highest BCUT2D eigenvalue weighted by Gasteiger charge is 2.13. The second kappa shape index (κ2) is 6.30. The lowest BCUT2D eigenvalue weighted by atomic mass is 9.99. The van der Waals surface area contributed by atoms with Gasteiger partial charge in [0.1, 0.15) is 5.82 Å². The Hall–Kier alpha value is -1.33. The number of rotatable bonds is 5. The van der Waals surface area contributed by atoms with Crippen molar-refractivity contribution < 1.29 is 4.39 Å². The monoisotopic (exact) mass is 219 g/mol. The number of hydrogen-bond acceptors (Lipinski definition) is 1. The predicted molar refractivity (Wildman–Crippen MR) is 65.6 cm³/mol. The van der Waals surface area contributed by atoms with Crippen LogP contribution in [0.5, 0.6) is 0 Å². The molecule has 0 saturated carbocycles. The molecule has 1 atom stereocenters. The van der Waals surface area contributed by atoms with Crippen LogP contribution >= 0.6 is 0 Å². The molecule has 16 heavy (non-hydrogen) atoms. The standard InChI is InChI=1S/C14H18FN/c1-4-5-6-7-14(16-3)12-10-11(2)8-9-13(12)15/h1,8-10,14,16H,5-7H2,2-3H3. The normalized spacial score (nSPS) is 12.1. The molecule has 0 saturated heterocycles. The summed E-state index contributed by atoms with van der Waals surface area (Å²) in [5.74, 6) is 2.46. The molecule has 1 unspecified atom stereocenters. The smallest absolute Gasteiger partial charge is 0.127 e. The Balaban J connectivity index is 2.78. The topological polar surface area (TPSA) is 12.0 Å². The molecule has 0 fully saturated rings. The molecular formula is C14H18FN. The highest BCUT2D eigenvalue weighted by Crippen LogP contribution is 2.22. The summed E-state index contributed by atoms with van der Waals surface area (Å²) < 4.78 is 13.6. The Labute approximate surface area is 97.1 Å². The molecule has 1 N–H and O–H groups in total. The minimum absolute atomic E-state index is 0.0493. The molecule has 1 nitrogen and oxygen atoms in total. The van der Waals surface area contributed by atoms with Gasteiger partial charge in [-0.05, 0) is 32.9 Å². The van der Waals surface area contributed by atoms with Crippen molar-refractivity contribution in [2.45, 2.75) is 32.2 Å². The van der Waals surface area contributed by atoms with Gasteiger partial charge in [-0.2, -0.15) is 0 Å². The van der Waals surface area contributed by atoms with Gasteiger partial charge in [0, 0.05) is 18.0 Å². The second-order valence-corrected chi connectivity index (χ2v) is 3.96. The number of hydrogen-bond donors (Lipinski definition) is 1. The number of nitrogens with one attached hydrogen (secondary N) is 1. The number of terminal acetylenes is 1. The summed E-state index contributed by atoms with van der Waals surface area (Å²) in [7, 11) is 1.85. The molecule has 0 aliphatic carbocycles. The van der Waals surface area contributed by atoms with E-state index in [1.54, 1.807) is 6.07 Å². The lowest BCUT2D eigenvalue weighted by molar-refractivity contribution is 0.497. The SMILES string of the molecule is C#CCCCC(NC)c1cc(C)ccc1F. The third-order valence-electron chi connectivity index (χ3n) is 2.69. The van der Waals surface area contributed by atoms with Crippen LogP contribution in [0.15, 0.2) is 18.2 Å². The molecule has 1 aromatic rings. The van der Waals surface area contributed by atoms with Gasteiger partial charge in [-0.25, -0.2) is 4.39 Å². The first kappa shape index (κ1) is 12.7. The Morgan fingerprint density at radius 3 is 2.88 bits per heavy atom. The maximum absolute atomic E-state index is 13.6. The number of benzene rings is 1. The quantitative estimate of drug-likeness (QED) is 0.592. The van der Waals surface area contributed by atoms with E-state index in [4.69, 9.17) is 6.42 Å². The van der Waals surface area contributed by atoms with Crippen molar-refractivity contribution in [3.63, 3.8) is 0 Å². The first-order valence-corrected chi connectivity index (χ1v) is 5.55. The lowest BCUT2D eigenvalue weighted by Crippen LogP contribution is -2.17. The maximum atomic E-state index is 13.6. The summed E-state index contributed by atoms with van der Waals surface area (Å²) in [6.07, 6.45) is 7.72. The Morgan fingerprint density at radius 2 is 2.25 bits per heavy atom. The van der Waals surface area contributed by atoms with Crippen molar-refractivity contribution in [2.24, 2.45) is 0 Å². The summed E-state index contributed by atoms with van der Waals surface area (Å²) in [4.78, 5) is 0. The van der Waals surface area contributed by atoms with Gasteiger partial charge >= 0.3 is 0 Å². The van der Waals surface area contributed by atoms with E-state index in [1.165, 1.54) is 6.07 Å². The Kier molecular flexibility index (Phi) is 5.01. The molecule has 1 rings (SSSR count). The van der Waals surface area contributed by atoms with Crippen LogP contribution in [0.3, 0.4) is 0 Å². The van der Waals surface area contributed by atoms with Crippen molar-refractivity contribution >= 4 is 0 Å². The molecule has 0 spiro atoms. The molecular weight excluding hydrogens is 201 g/mol. The third kappa shape index (κ3) is 3.36. The Morgan fingerprint density at radius 1 is 1.50 bits per heavy atom. The summed E-state index contributed by atoms with van der Waals surface area (Å²) in [6, 6.07) is 5.25. The zero-order valence-corrected chi connectivity index (χ0v) is 9.89. The van der Waals surface area contributed by atoms with Crippen molar-refractivity contribution in [1.29, 1.82) is 0 Å². The first-order chi connectivity index (χ1) is 7.69. The van der Waals surface area contributed by atoms with Crippen LogP contribution in [0.4, 0.5) is 4.39 Å². The van der Waals surface area contributed by atoms with Gasteiger partial charge in [0.05, 0.1) is 0 Å². The van der Waals surface area contributed by atoms with E-state index in [-0.39, 0.29) is 11.9 Å². The van der Waals surface area contributed by atoms with Gasteiger partial charge < -0.3 is 5.32 Å². The molecule has 0 radical (unpaired) electrons. The van der Waals surface area contributed by atoms with Crippen molar-refractivity contribution in [3.05, 3.63) is 35.1 Å². The fraction of sp³-hybridized carbons (Fsp3) is 0.429. The largest absolute Gasteiger partial charge is 0.313 e. The van der Waals surface area contributed by atoms with E-state index in [9.17, 15) is 4.39 Å². The van der Waals surface area contributed by atoms with Crippen LogP contribution < -0.4 is 5.32 Å². The number of halogens is 1. The van der Waals surface area contributed by atoms with E-state index in [1.807, 2.05) is 20.0 Å². The van der Waals surface area contributed by atoms with Crippen LogP contribution in [0.25, 0.3) is 0 Å². The summed E-state index contributed by atoms with van der Waals surface area (Å²) in [5, 5.41) is 3.14. The Bertz CT molecular complexity index is 379. The minimum Gasteiger partial charge on any atom is -0.313 e. The van der Waals surface area contributed by atoms with E-state index < -0.39 is 0 Å². The molecule has 1 aromatic carbocycles. The maximum Gasteiger partial charge on any atom is 0.127 e. The lowest BCUT2D eigenvalue weighted by Gasteiger charge is -2.17. The molecule has 0 aliphatic heterocycles. The number of unbranched alkanes of at least 4 members (excludes halogenated alkanes) is 1. The van der Waals surface area contributed by atoms with Crippen molar-refractivity contribution in [2.75, 3.05) is 7.05 Å². The van der Waals surface area contributed by atoms with E-state index in [2.05, 4.69) is 11.2 Å². The molecule has 0 aliphatic rings. The highest BCUT2D eigenvalue weighted by molar-refractivity contribution is 5.26. The van der Waals surface area contributed by atoms with Gasteiger partial charge in [-0.1, -0.05) is 17.7 Å². The van der Waals surface area contributed by atoms with E-state index >= 15 is 0 Å². The molecule has 86 valence electrons. The molecule has 0 amide bonds. The fourth-order valence-corrected chi connectivity index (χ4v) is 1.79. The molecule has 2 heteroatoms. The zero-order valence-electron chi connectivity index (χ0n) is 9.89. The average molecular weight is 219 g/mol. The van der Waals surface area contributed by atoms with Crippen LogP contribution in [-0.4, -0.2) is 7.05 Å². The van der Waals surface area contributed by atoms with Crippen molar-refractivity contribution in [1.82, 2.24) is 5.32 Å². The fourth-order valence-electron chi connectivity index (χ4n) is 1.79. The van der Waals surface area contributed by atoms with Gasteiger partial charge in [-0.3, -0.25) is 0 Å². The predicted octanol–water partition coefficient (Wildman–Crippen LogP) is 3.20. The summed E-state index contributed by atoms with van der Waals surface area (Å²) in [5.41, 5.74) is 1.81. The van der Waals surface area contributed by atoms with Gasteiger partial charge in [0.25, 0.3) is 0 Å². The van der Waals surface area contributed by atoms with E-state index in [0.717, 1.165) is 30.4 Å². The average Bonchev–Trinajstić information content (AvgIpc) is 2.28. The summed E-state index contributed by atoms with van der Waals surface area (Å²) in [6.45, 7) is 1.97. The van der Waals surface area contributed by atoms with Crippen LogP contribution in [0.1, 0.15) is 36.4 Å². The molecule has 0 aromatic heterocycles. The zero-order chi connectivity index (χ0) is 12.0. The highest BCUT2D eigenvalue weighted by atomic mass is 19.1. The first-order valence-electron chi connectivity index (χ1n) is 5.55. The van der Waals surface area contributed by atoms with Gasteiger partial charge in [0.15, 0.2) is 0 Å². The molecule has 0 bridgehead atoms. The van der Waals surface area contributed by atoms with Crippen LogP contribution in [0, 0.1) is 25.1 Å². The summed E-state index contributed by atoms with van der Waals surface area (Å²) >= 11 is 0. The minimum atomic E-state index is -0.148. The van der Waals surface area contributed by atoms with Crippen LogP contribution in [-0.2, 0) is 0 Å². The van der Waals surface area contributed by atoms with Gasteiger partial charge in [0.2, 0.25) is 0 Å². The molecule has 0 heterocycles. The van der Waals surface area contributed by atoms with E-state index in [0.29, 0.717) is 0 Å².